The van der Waals surface area contributed by atoms with Crippen molar-refractivity contribution < 1.29 is 9.18 Å². The molecule has 0 heterocycles. The van der Waals surface area contributed by atoms with Crippen molar-refractivity contribution in [1.29, 1.82) is 0 Å². The van der Waals surface area contributed by atoms with Crippen molar-refractivity contribution in [3.63, 3.8) is 0 Å². The highest BCUT2D eigenvalue weighted by Crippen LogP contribution is 2.09. The minimum absolute atomic E-state index is 0.0212. The molecule has 0 aliphatic rings. The zero-order valence-corrected chi connectivity index (χ0v) is 8.67. The fourth-order valence-electron chi connectivity index (χ4n) is 1.12. The summed E-state index contributed by atoms with van der Waals surface area (Å²) < 4.78 is 13.2. The molecular weight excluding hydrogens is 193 g/mol. The fraction of sp³-hybridized carbons (Fsp3) is 0.250. The van der Waals surface area contributed by atoms with Gasteiger partial charge < -0.3 is 5.32 Å². The Morgan fingerprint density at radius 1 is 1.53 bits per heavy atom. The van der Waals surface area contributed by atoms with Gasteiger partial charge >= 0.3 is 0 Å². The summed E-state index contributed by atoms with van der Waals surface area (Å²) in [6, 6.07) is 4.10. The van der Waals surface area contributed by atoms with Crippen LogP contribution in [0.2, 0.25) is 0 Å². The first-order valence-electron chi connectivity index (χ1n) is 4.61. The minimum atomic E-state index is -0.547. The summed E-state index contributed by atoms with van der Waals surface area (Å²) in [4.78, 5) is 11.5. The number of rotatable bonds is 2. The molecule has 0 bridgehead atoms. The molecule has 0 saturated carbocycles. The number of carbonyl (C=O) groups is 1. The molecule has 78 valence electrons. The monoisotopic (exact) mass is 205 g/mol. The molecule has 0 unspecified atom stereocenters. The molecule has 0 atom stereocenters. The van der Waals surface area contributed by atoms with Crippen molar-refractivity contribution in [1.82, 2.24) is 5.32 Å². The van der Waals surface area contributed by atoms with Crippen LogP contribution < -0.4 is 5.32 Å². The van der Waals surface area contributed by atoms with Gasteiger partial charge in [0.05, 0.1) is 5.56 Å². The summed E-state index contributed by atoms with van der Waals surface area (Å²) in [5.41, 5.74) is 0.441. The predicted molar refractivity (Wildman–Crippen MR) is 56.9 cm³/mol. The first-order chi connectivity index (χ1) is 7.04. The summed E-state index contributed by atoms with van der Waals surface area (Å²) in [6.07, 6.45) is 5.07. The van der Waals surface area contributed by atoms with Crippen LogP contribution in [-0.2, 0) is 0 Å². The normalized spacial score (nSPS) is 9.80. The molecule has 3 heteroatoms. The molecule has 0 spiro atoms. The Bertz CT molecular complexity index is 418. The van der Waals surface area contributed by atoms with E-state index < -0.39 is 5.82 Å². The highest BCUT2D eigenvalue weighted by molar-refractivity contribution is 5.94. The number of hydrogen-bond acceptors (Lipinski definition) is 1. The highest BCUT2D eigenvalue weighted by atomic mass is 19.1. The lowest BCUT2D eigenvalue weighted by atomic mass is 10.1. The lowest BCUT2D eigenvalue weighted by molar-refractivity contribution is 0.0942. The van der Waals surface area contributed by atoms with E-state index in [4.69, 9.17) is 6.42 Å². The molecule has 15 heavy (non-hydrogen) atoms. The average Bonchev–Trinajstić information content (AvgIpc) is 2.16. The molecule has 0 aromatic heterocycles. The Morgan fingerprint density at radius 2 is 2.20 bits per heavy atom. The quantitative estimate of drug-likeness (QED) is 0.734. The number of carbonyl (C=O) groups excluding carboxylic acids is 1. The lowest BCUT2D eigenvalue weighted by Crippen LogP contribution is -2.30. The van der Waals surface area contributed by atoms with Gasteiger partial charge in [0.15, 0.2) is 0 Å². The van der Waals surface area contributed by atoms with Crippen LogP contribution in [0.25, 0.3) is 0 Å². The fourth-order valence-corrected chi connectivity index (χ4v) is 1.12. The van der Waals surface area contributed by atoms with E-state index in [1.54, 1.807) is 0 Å². The third-order valence-electron chi connectivity index (χ3n) is 1.81. The highest BCUT2D eigenvalue weighted by Gasteiger charge is 2.09. The maximum atomic E-state index is 13.2. The van der Waals surface area contributed by atoms with Crippen molar-refractivity contribution in [2.45, 2.75) is 19.9 Å². The third kappa shape index (κ3) is 2.81. The minimum Gasteiger partial charge on any atom is -0.350 e. The second-order valence-electron chi connectivity index (χ2n) is 3.47. The third-order valence-corrected chi connectivity index (χ3v) is 1.81. The van der Waals surface area contributed by atoms with Crippen molar-refractivity contribution in [2.24, 2.45) is 0 Å². The van der Waals surface area contributed by atoms with Crippen LogP contribution in [-0.4, -0.2) is 11.9 Å². The Balaban J connectivity index is 2.94. The predicted octanol–water partition coefficient (Wildman–Crippen LogP) is 1.95. The van der Waals surface area contributed by atoms with Gasteiger partial charge in [-0.25, -0.2) is 4.39 Å². The molecule has 1 amide bonds. The summed E-state index contributed by atoms with van der Waals surface area (Å²) in [5.74, 6) is 1.35. The number of terminal acetylenes is 1. The van der Waals surface area contributed by atoms with Crippen molar-refractivity contribution >= 4 is 5.91 Å². The van der Waals surface area contributed by atoms with E-state index in [1.165, 1.54) is 12.1 Å². The van der Waals surface area contributed by atoms with Gasteiger partial charge in [-0.15, -0.1) is 6.42 Å². The Kier molecular flexibility index (Phi) is 3.46. The molecular formula is C12H12FNO. The van der Waals surface area contributed by atoms with Crippen molar-refractivity contribution in [2.75, 3.05) is 0 Å². The van der Waals surface area contributed by atoms with Gasteiger partial charge in [-0.2, -0.15) is 0 Å². The Morgan fingerprint density at radius 3 is 2.67 bits per heavy atom. The van der Waals surface area contributed by atoms with Gasteiger partial charge in [-0.05, 0) is 32.0 Å². The molecule has 1 rings (SSSR count). The number of halogens is 1. The van der Waals surface area contributed by atoms with E-state index in [0.29, 0.717) is 0 Å². The zero-order chi connectivity index (χ0) is 11.4. The second-order valence-corrected chi connectivity index (χ2v) is 3.47. The first kappa shape index (κ1) is 11.3. The van der Waals surface area contributed by atoms with Gasteiger partial charge in [0.2, 0.25) is 0 Å². The topological polar surface area (TPSA) is 29.1 Å². The molecule has 2 nitrogen and oxygen atoms in total. The van der Waals surface area contributed by atoms with Crippen LogP contribution in [0.5, 0.6) is 0 Å². The van der Waals surface area contributed by atoms with Gasteiger partial charge in [0, 0.05) is 11.6 Å². The summed E-state index contributed by atoms with van der Waals surface area (Å²) in [5, 5.41) is 2.67. The number of nitrogens with one attached hydrogen (secondary N) is 1. The Labute approximate surface area is 88.5 Å². The number of amides is 1. The molecule has 1 N–H and O–H groups in total. The smallest absolute Gasteiger partial charge is 0.251 e. The van der Waals surface area contributed by atoms with Crippen LogP contribution in [0, 0.1) is 18.2 Å². The summed E-state index contributed by atoms with van der Waals surface area (Å²) in [6.45, 7) is 3.67. The maximum absolute atomic E-state index is 13.2. The molecule has 0 aliphatic heterocycles. The molecule has 1 aromatic carbocycles. The van der Waals surface area contributed by atoms with Crippen LogP contribution >= 0.6 is 0 Å². The van der Waals surface area contributed by atoms with E-state index in [2.05, 4.69) is 11.2 Å². The van der Waals surface area contributed by atoms with Gasteiger partial charge in [0.25, 0.3) is 5.91 Å². The summed E-state index contributed by atoms with van der Waals surface area (Å²) >= 11 is 0. The summed E-state index contributed by atoms with van der Waals surface area (Å²) in [7, 11) is 0. The average molecular weight is 205 g/mol. The van der Waals surface area contributed by atoms with Gasteiger partial charge in [-0.3, -0.25) is 4.79 Å². The largest absolute Gasteiger partial charge is 0.350 e. The standard InChI is InChI=1S/C12H12FNO/c1-4-9-5-6-10(7-11(9)13)12(15)14-8(2)3/h1,5-8H,2-3H3,(H,14,15). The van der Waals surface area contributed by atoms with Crippen LogP contribution in [0.1, 0.15) is 29.8 Å². The first-order valence-corrected chi connectivity index (χ1v) is 4.61. The Hall–Kier alpha value is -1.82. The van der Waals surface area contributed by atoms with E-state index in [0.717, 1.165) is 6.07 Å². The molecule has 0 saturated heterocycles. The zero-order valence-electron chi connectivity index (χ0n) is 8.67. The van der Waals surface area contributed by atoms with E-state index >= 15 is 0 Å². The number of hydrogen-bond donors (Lipinski definition) is 1. The maximum Gasteiger partial charge on any atom is 0.251 e. The van der Waals surface area contributed by atoms with Gasteiger partial charge in [0.1, 0.15) is 5.82 Å². The van der Waals surface area contributed by atoms with Crippen molar-refractivity contribution in [3.05, 3.63) is 35.1 Å². The second kappa shape index (κ2) is 4.61. The van der Waals surface area contributed by atoms with Crippen molar-refractivity contribution in [3.8, 4) is 12.3 Å². The molecule has 0 fully saturated rings. The SMILES string of the molecule is C#Cc1ccc(C(=O)NC(C)C)cc1F. The van der Waals surface area contributed by atoms with E-state index in [9.17, 15) is 9.18 Å². The van der Waals surface area contributed by atoms with E-state index in [-0.39, 0.29) is 23.1 Å². The molecule has 0 radical (unpaired) electrons. The number of benzene rings is 1. The van der Waals surface area contributed by atoms with Gasteiger partial charge in [-0.1, -0.05) is 5.92 Å². The lowest BCUT2D eigenvalue weighted by Gasteiger charge is -2.08. The van der Waals surface area contributed by atoms with Crippen LogP contribution in [0.15, 0.2) is 18.2 Å². The van der Waals surface area contributed by atoms with Crippen LogP contribution in [0.4, 0.5) is 4.39 Å². The van der Waals surface area contributed by atoms with E-state index in [1.807, 2.05) is 13.8 Å². The van der Waals surface area contributed by atoms with Crippen LogP contribution in [0.3, 0.4) is 0 Å². The molecule has 1 aromatic rings. The molecule has 0 aliphatic carbocycles.